The molecule has 7 nitrogen and oxygen atoms in total. The van der Waals surface area contributed by atoms with Crippen molar-refractivity contribution in [3.05, 3.63) is 77.9 Å². The van der Waals surface area contributed by atoms with E-state index < -0.39 is 5.97 Å². The third kappa shape index (κ3) is 7.33. The molecule has 0 aliphatic carbocycles. The molecule has 0 atom stereocenters. The first-order valence-corrected chi connectivity index (χ1v) is 13.6. The van der Waals surface area contributed by atoms with Gasteiger partial charge in [0.1, 0.15) is 23.9 Å². The van der Waals surface area contributed by atoms with Crippen LogP contribution >= 0.6 is 0 Å². The quantitative estimate of drug-likeness (QED) is 0.255. The minimum atomic E-state index is -0.833. The fourth-order valence-corrected chi connectivity index (χ4v) is 5.22. The number of ether oxygens (including phenoxy) is 1. The number of aryl methyl sites for hydroxylation is 1. The summed E-state index contributed by atoms with van der Waals surface area (Å²) in [5, 5.41) is 29.1. The van der Waals surface area contributed by atoms with Gasteiger partial charge in [0.05, 0.1) is 5.69 Å². The maximum atomic E-state index is 10.6. The summed E-state index contributed by atoms with van der Waals surface area (Å²) in [5.74, 6) is 0.545. The van der Waals surface area contributed by atoms with Gasteiger partial charge in [0, 0.05) is 36.5 Å². The van der Waals surface area contributed by atoms with Gasteiger partial charge in [0.2, 0.25) is 0 Å². The molecule has 1 aliphatic rings. The maximum absolute atomic E-state index is 10.6. The summed E-state index contributed by atoms with van der Waals surface area (Å²) in [6, 6.07) is 21.2. The van der Waals surface area contributed by atoms with Crippen molar-refractivity contribution >= 4 is 16.9 Å². The number of benzene rings is 3. The number of aliphatic carboxylic acids is 1. The smallest absolute Gasteiger partial charge is 0.300 e. The van der Waals surface area contributed by atoms with Crippen LogP contribution in [0.5, 0.6) is 17.2 Å². The number of fused-ring (bicyclic) bond motifs is 1. The van der Waals surface area contributed by atoms with Crippen molar-refractivity contribution < 1.29 is 24.9 Å². The fourth-order valence-electron chi connectivity index (χ4n) is 5.22. The van der Waals surface area contributed by atoms with Gasteiger partial charge in [-0.25, -0.2) is 0 Å². The lowest BCUT2D eigenvalue weighted by Crippen LogP contribution is -2.29. The number of carboxylic acids is 1. The summed E-state index contributed by atoms with van der Waals surface area (Å²) in [5.41, 5.74) is 4.95. The van der Waals surface area contributed by atoms with E-state index in [1.54, 1.807) is 18.2 Å². The van der Waals surface area contributed by atoms with E-state index in [1.807, 2.05) is 43.3 Å². The molecule has 39 heavy (non-hydrogen) atoms. The van der Waals surface area contributed by atoms with Gasteiger partial charge < -0.3 is 24.6 Å². The Hall–Kier alpha value is -3.97. The second kappa shape index (κ2) is 13.2. The molecule has 7 heteroatoms. The van der Waals surface area contributed by atoms with Crippen LogP contribution in [-0.4, -0.2) is 57.0 Å². The topological polar surface area (TPSA) is 95.2 Å². The molecule has 1 aliphatic heterocycles. The van der Waals surface area contributed by atoms with Crippen LogP contribution in [0.2, 0.25) is 0 Å². The molecule has 1 fully saturated rings. The predicted molar refractivity (Wildman–Crippen MR) is 155 cm³/mol. The molecule has 0 spiro atoms. The predicted octanol–water partition coefficient (Wildman–Crippen LogP) is 6.42. The Kier molecular flexibility index (Phi) is 9.49. The Bertz CT molecular complexity index is 1380. The lowest BCUT2D eigenvalue weighted by atomic mass is 10.1. The number of phenols is 2. The summed E-state index contributed by atoms with van der Waals surface area (Å²) < 4.78 is 8.26. The zero-order chi connectivity index (χ0) is 27.8. The Morgan fingerprint density at radius 2 is 1.59 bits per heavy atom. The van der Waals surface area contributed by atoms with Crippen molar-refractivity contribution in [2.75, 3.05) is 26.2 Å². The highest BCUT2D eigenvalue weighted by Crippen LogP contribution is 2.39. The molecule has 0 radical (unpaired) electrons. The van der Waals surface area contributed by atoms with Crippen LogP contribution in [0.4, 0.5) is 0 Å². The first-order valence-electron chi connectivity index (χ1n) is 13.6. The van der Waals surface area contributed by atoms with Crippen LogP contribution in [0.3, 0.4) is 0 Å². The van der Waals surface area contributed by atoms with Crippen molar-refractivity contribution in [2.45, 2.75) is 46.1 Å². The normalized spacial score (nSPS) is 13.9. The highest BCUT2D eigenvalue weighted by atomic mass is 16.5. The van der Waals surface area contributed by atoms with Gasteiger partial charge in [0.25, 0.3) is 5.97 Å². The van der Waals surface area contributed by atoms with E-state index in [0.717, 1.165) is 52.5 Å². The number of carbonyl (C=O) groups is 1. The largest absolute Gasteiger partial charge is 0.508 e. The van der Waals surface area contributed by atoms with E-state index in [1.165, 1.54) is 38.8 Å². The number of aromatic hydroxyl groups is 2. The second-order valence-electron chi connectivity index (χ2n) is 10.0. The molecular formula is C32H38N2O5. The van der Waals surface area contributed by atoms with E-state index in [2.05, 4.69) is 21.6 Å². The number of carboxylic acid groups (broad SMARTS) is 1. The van der Waals surface area contributed by atoms with Gasteiger partial charge in [-0.3, -0.25) is 9.69 Å². The van der Waals surface area contributed by atoms with Crippen LogP contribution in [0, 0.1) is 6.92 Å². The van der Waals surface area contributed by atoms with Gasteiger partial charge in [-0.1, -0.05) is 37.1 Å². The van der Waals surface area contributed by atoms with Crippen molar-refractivity contribution in [1.82, 2.24) is 9.47 Å². The van der Waals surface area contributed by atoms with E-state index in [9.17, 15) is 10.2 Å². The Balaban J connectivity index is 0.000000826. The molecule has 1 saturated heterocycles. The van der Waals surface area contributed by atoms with Gasteiger partial charge in [-0.15, -0.1) is 0 Å². The van der Waals surface area contributed by atoms with Crippen LogP contribution in [-0.2, 0) is 11.3 Å². The molecule has 2 heterocycles. The average molecular weight is 531 g/mol. The lowest BCUT2D eigenvalue weighted by Gasteiger charge is -2.19. The zero-order valence-corrected chi connectivity index (χ0v) is 22.8. The molecule has 0 amide bonds. The van der Waals surface area contributed by atoms with E-state index in [-0.39, 0.29) is 11.5 Å². The first kappa shape index (κ1) is 28.0. The van der Waals surface area contributed by atoms with Crippen molar-refractivity contribution in [3.8, 4) is 28.5 Å². The molecule has 3 aromatic carbocycles. The number of phenolic OH excluding ortho intramolecular Hbond substituents is 2. The van der Waals surface area contributed by atoms with Gasteiger partial charge in [0.15, 0.2) is 0 Å². The standard InChI is InChI=1S/C30H34N2O3.C2H4O2/c1-22-27-20-24(33)12-15-28(27)32(30(22)26-8-4-5-9-29(26)34)21-23-10-13-25(14-11-23)35-19-18-31-16-6-2-3-7-17-31;1-2(3)4/h4-5,8-15,20,33-34H,2-3,6-7,16-19,21H2,1H3;1H3,(H,3,4). The third-order valence-corrected chi connectivity index (χ3v) is 7.10. The van der Waals surface area contributed by atoms with Crippen LogP contribution in [0.25, 0.3) is 22.2 Å². The molecule has 3 N–H and O–H groups in total. The summed E-state index contributed by atoms with van der Waals surface area (Å²) in [6.45, 7) is 7.83. The summed E-state index contributed by atoms with van der Waals surface area (Å²) in [6.07, 6.45) is 5.29. The van der Waals surface area contributed by atoms with Crippen molar-refractivity contribution in [1.29, 1.82) is 0 Å². The van der Waals surface area contributed by atoms with E-state index >= 15 is 0 Å². The Morgan fingerprint density at radius 1 is 0.923 bits per heavy atom. The summed E-state index contributed by atoms with van der Waals surface area (Å²) in [7, 11) is 0. The highest BCUT2D eigenvalue weighted by molar-refractivity contribution is 5.93. The molecule has 1 aromatic heterocycles. The zero-order valence-electron chi connectivity index (χ0n) is 22.8. The number of rotatable bonds is 7. The Labute approximate surface area is 229 Å². The first-order chi connectivity index (χ1) is 18.8. The third-order valence-electron chi connectivity index (χ3n) is 7.10. The minimum absolute atomic E-state index is 0.239. The van der Waals surface area contributed by atoms with Crippen molar-refractivity contribution in [3.63, 3.8) is 0 Å². The minimum Gasteiger partial charge on any atom is -0.508 e. The molecule has 5 rings (SSSR count). The molecule has 4 aromatic rings. The summed E-state index contributed by atoms with van der Waals surface area (Å²) >= 11 is 0. The lowest BCUT2D eigenvalue weighted by molar-refractivity contribution is -0.134. The molecule has 206 valence electrons. The molecule has 0 unspecified atom stereocenters. The van der Waals surface area contributed by atoms with Gasteiger partial charge in [-0.2, -0.15) is 0 Å². The van der Waals surface area contributed by atoms with Crippen molar-refractivity contribution in [2.24, 2.45) is 0 Å². The van der Waals surface area contributed by atoms with Crippen LogP contribution in [0.15, 0.2) is 66.7 Å². The number of para-hydroxylation sites is 1. The molecular weight excluding hydrogens is 492 g/mol. The maximum Gasteiger partial charge on any atom is 0.300 e. The van der Waals surface area contributed by atoms with Gasteiger partial charge in [-0.05, 0) is 86.4 Å². The SMILES string of the molecule is CC(=O)O.Cc1c(-c2ccccc2O)n(Cc2ccc(OCCN3CCCCCC3)cc2)c2ccc(O)cc12. The fraction of sp³-hybridized carbons (Fsp3) is 0.344. The highest BCUT2D eigenvalue weighted by Gasteiger charge is 2.19. The number of likely N-dealkylation sites (tertiary alicyclic amines) is 1. The van der Waals surface area contributed by atoms with E-state index in [4.69, 9.17) is 14.6 Å². The number of nitrogens with zero attached hydrogens (tertiary/aromatic N) is 2. The van der Waals surface area contributed by atoms with Crippen LogP contribution in [0.1, 0.15) is 43.7 Å². The summed E-state index contributed by atoms with van der Waals surface area (Å²) in [4.78, 5) is 11.5. The molecule has 0 saturated carbocycles. The Morgan fingerprint density at radius 3 is 2.26 bits per heavy atom. The molecule has 0 bridgehead atoms. The number of hydrogen-bond acceptors (Lipinski definition) is 5. The van der Waals surface area contributed by atoms with Crippen LogP contribution < -0.4 is 4.74 Å². The van der Waals surface area contributed by atoms with E-state index in [0.29, 0.717) is 13.2 Å². The number of aromatic nitrogens is 1. The average Bonchev–Trinajstić information content (AvgIpc) is 3.05. The van der Waals surface area contributed by atoms with Gasteiger partial charge >= 0.3 is 0 Å². The monoisotopic (exact) mass is 530 g/mol. The second-order valence-corrected chi connectivity index (χ2v) is 10.0. The number of hydrogen-bond donors (Lipinski definition) is 3.